The first-order chi connectivity index (χ1) is 7.41. The van der Waals surface area contributed by atoms with Crippen molar-refractivity contribution in [3.8, 4) is 0 Å². The van der Waals surface area contributed by atoms with Crippen LogP contribution in [-0.2, 0) is 4.79 Å². The Kier molecular flexibility index (Phi) is 4.15. The van der Waals surface area contributed by atoms with E-state index in [-0.39, 0.29) is 12.1 Å². The van der Waals surface area contributed by atoms with E-state index >= 15 is 0 Å². The van der Waals surface area contributed by atoms with Crippen LogP contribution in [0.15, 0.2) is 0 Å². The lowest BCUT2D eigenvalue weighted by Gasteiger charge is -2.20. The van der Waals surface area contributed by atoms with Crippen LogP contribution in [0.3, 0.4) is 0 Å². The second-order valence-corrected chi connectivity index (χ2v) is 4.70. The lowest BCUT2D eigenvalue weighted by Crippen LogP contribution is -2.48. The Hall–Kier alpha value is -1.26. The first-order valence-electron chi connectivity index (χ1n) is 5.71. The second-order valence-electron chi connectivity index (χ2n) is 4.70. The first kappa shape index (κ1) is 12.8. The monoisotopic (exact) mass is 228 g/mol. The highest BCUT2D eigenvalue weighted by Crippen LogP contribution is 2.30. The summed E-state index contributed by atoms with van der Waals surface area (Å²) >= 11 is 0. The minimum atomic E-state index is -1.03. The van der Waals surface area contributed by atoms with Gasteiger partial charge in [-0.1, -0.05) is 13.8 Å². The van der Waals surface area contributed by atoms with E-state index in [0.717, 1.165) is 12.8 Å². The molecule has 1 aliphatic rings. The quantitative estimate of drug-likeness (QED) is 0.679. The van der Waals surface area contributed by atoms with Crippen molar-refractivity contribution in [2.75, 3.05) is 0 Å². The number of nitrogens with one attached hydrogen (secondary N) is 2. The zero-order valence-corrected chi connectivity index (χ0v) is 9.99. The molecule has 0 aromatic heterocycles. The normalized spacial score (nSPS) is 30.8. The van der Waals surface area contributed by atoms with E-state index in [1.54, 1.807) is 0 Å². The summed E-state index contributed by atoms with van der Waals surface area (Å²) < 4.78 is 0. The van der Waals surface area contributed by atoms with Gasteiger partial charge in [0.15, 0.2) is 0 Å². The summed E-state index contributed by atoms with van der Waals surface area (Å²) in [5.74, 6) is 0.0380. The highest BCUT2D eigenvalue weighted by Gasteiger charge is 2.31. The fraction of sp³-hybridized carbons (Fsp3) is 0.818. The maximum absolute atomic E-state index is 11.5. The number of hydrogen-bond acceptors (Lipinski definition) is 2. The Bertz CT molecular complexity index is 280. The summed E-state index contributed by atoms with van der Waals surface area (Å²) in [4.78, 5) is 22.0. The molecule has 1 aliphatic carbocycles. The Morgan fingerprint density at radius 3 is 2.38 bits per heavy atom. The third-order valence-electron chi connectivity index (χ3n) is 3.50. The summed E-state index contributed by atoms with van der Waals surface area (Å²) in [5, 5.41) is 13.9. The van der Waals surface area contributed by atoms with E-state index in [0.29, 0.717) is 11.8 Å². The minimum Gasteiger partial charge on any atom is -0.480 e. The number of rotatable bonds is 3. The molecule has 92 valence electrons. The highest BCUT2D eigenvalue weighted by atomic mass is 16.4. The molecule has 0 aromatic rings. The number of hydrogen-bond donors (Lipinski definition) is 3. The van der Waals surface area contributed by atoms with Gasteiger partial charge in [-0.3, -0.25) is 4.79 Å². The van der Waals surface area contributed by atoms with E-state index in [1.807, 2.05) is 0 Å². The van der Waals surface area contributed by atoms with Gasteiger partial charge in [0.25, 0.3) is 0 Å². The van der Waals surface area contributed by atoms with Crippen molar-refractivity contribution in [2.24, 2.45) is 11.8 Å². The third kappa shape index (κ3) is 3.12. The smallest absolute Gasteiger partial charge is 0.325 e. The molecule has 2 amide bonds. The van der Waals surface area contributed by atoms with Gasteiger partial charge in [-0.05, 0) is 31.6 Å². The minimum absolute atomic E-state index is 0.163. The van der Waals surface area contributed by atoms with Crippen molar-refractivity contribution in [1.29, 1.82) is 0 Å². The van der Waals surface area contributed by atoms with E-state index in [2.05, 4.69) is 24.5 Å². The predicted molar refractivity (Wildman–Crippen MR) is 60.1 cm³/mol. The molecule has 0 radical (unpaired) electrons. The summed E-state index contributed by atoms with van der Waals surface area (Å²) in [5.41, 5.74) is 0. The van der Waals surface area contributed by atoms with Crippen molar-refractivity contribution >= 4 is 12.0 Å². The molecule has 16 heavy (non-hydrogen) atoms. The topological polar surface area (TPSA) is 78.4 Å². The van der Waals surface area contributed by atoms with Crippen molar-refractivity contribution < 1.29 is 14.7 Å². The average Bonchev–Trinajstić information content (AvgIpc) is 2.49. The van der Waals surface area contributed by atoms with Gasteiger partial charge in [0, 0.05) is 6.04 Å². The summed E-state index contributed by atoms with van der Waals surface area (Å²) in [6.07, 6.45) is 2.08. The zero-order chi connectivity index (χ0) is 12.3. The molecule has 3 N–H and O–H groups in total. The lowest BCUT2D eigenvalue weighted by molar-refractivity contribution is -0.138. The van der Waals surface area contributed by atoms with Crippen molar-refractivity contribution in [3.63, 3.8) is 0 Å². The Morgan fingerprint density at radius 1 is 1.31 bits per heavy atom. The molecule has 0 aliphatic heterocycles. The van der Waals surface area contributed by atoms with Gasteiger partial charge in [0.2, 0.25) is 0 Å². The van der Waals surface area contributed by atoms with E-state index in [9.17, 15) is 9.59 Å². The molecule has 1 fully saturated rings. The van der Waals surface area contributed by atoms with Crippen LogP contribution in [-0.4, -0.2) is 29.2 Å². The standard InChI is InChI=1S/C11H20N2O3/c1-6-4-5-9(7(6)2)13-11(16)12-8(3)10(14)15/h6-9H,4-5H2,1-3H3,(H,14,15)(H2,12,13,16)/t6?,7?,8-,9?/m0/s1. The highest BCUT2D eigenvalue weighted by molar-refractivity contribution is 5.82. The molecular weight excluding hydrogens is 208 g/mol. The van der Waals surface area contributed by atoms with Gasteiger partial charge in [-0.15, -0.1) is 0 Å². The molecule has 0 aromatic carbocycles. The Balaban J connectivity index is 2.37. The molecule has 1 saturated carbocycles. The summed E-state index contributed by atoms with van der Waals surface area (Å²) in [7, 11) is 0. The number of urea groups is 1. The van der Waals surface area contributed by atoms with Crippen molar-refractivity contribution in [3.05, 3.63) is 0 Å². The average molecular weight is 228 g/mol. The molecular formula is C11H20N2O3. The predicted octanol–water partition coefficient (Wildman–Crippen LogP) is 1.19. The largest absolute Gasteiger partial charge is 0.480 e. The Labute approximate surface area is 95.6 Å². The van der Waals surface area contributed by atoms with Crippen LogP contribution in [0.4, 0.5) is 4.79 Å². The van der Waals surface area contributed by atoms with Gasteiger partial charge in [0.05, 0.1) is 0 Å². The SMILES string of the molecule is CC1CCC(NC(=O)N[C@@H](C)C(=O)O)C1C. The molecule has 0 spiro atoms. The van der Waals surface area contributed by atoms with Gasteiger partial charge >= 0.3 is 12.0 Å². The molecule has 0 heterocycles. The number of carboxylic acids is 1. The third-order valence-corrected chi connectivity index (χ3v) is 3.50. The first-order valence-corrected chi connectivity index (χ1v) is 5.71. The molecule has 4 atom stereocenters. The number of aliphatic carboxylic acids is 1. The molecule has 5 nitrogen and oxygen atoms in total. The molecule has 5 heteroatoms. The van der Waals surface area contributed by atoms with E-state index in [4.69, 9.17) is 5.11 Å². The van der Waals surface area contributed by atoms with Crippen molar-refractivity contribution in [1.82, 2.24) is 10.6 Å². The summed E-state index contributed by atoms with van der Waals surface area (Å²) in [6.45, 7) is 5.73. The van der Waals surface area contributed by atoms with Crippen LogP contribution >= 0.6 is 0 Å². The summed E-state index contributed by atoms with van der Waals surface area (Å²) in [6, 6.07) is -1.08. The van der Waals surface area contributed by atoms with Crippen LogP contribution in [0.2, 0.25) is 0 Å². The van der Waals surface area contributed by atoms with Gasteiger partial charge < -0.3 is 15.7 Å². The van der Waals surface area contributed by atoms with Crippen LogP contribution in [0, 0.1) is 11.8 Å². The Morgan fingerprint density at radius 2 is 1.94 bits per heavy atom. The molecule has 0 saturated heterocycles. The van der Waals surface area contributed by atoms with Crippen LogP contribution < -0.4 is 10.6 Å². The van der Waals surface area contributed by atoms with E-state index in [1.165, 1.54) is 6.92 Å². The maximum atomic E-state index is 11.5. The fourth-order valence-corrected chi connectivity index (χ4v) is 2.04. The van der Waals surface area contributed by atoms with Crippen LogP contribution in [0.5, 0.6) is 0 Å². The van der Waals surface area contributed by atoms with Crippen LogP contribution in [0.25, 0.3) is 0 Å². The number of carboxylic acid groups (broad SMARTS) is 1. The number of amides is 2. The van der Waals surface area contributed by atoms with E-state index < -0.39 is 12.0 Å². The fourth-order valence-electron chi connectivity index (χ4n) is 2.04. The number of carbonyl (C=O) groups excluding carboxylic acids is 1. The molecule has 1 rings (SSSR count). The molecule has 0 bridgehead atoms. The van der Waals surface area contributed by atoms with Gasteiger partial charge in [0.1, 0.15) is 6.04 Å². The lowest BCUT2D eigenvalue weighted by atomic mass is 9.98. The van der Waals surface area contributed by atoms with Gasteiger partial charge in [-0.25, -0.2) is 4.79 Å². The second kappa shape index (κ2) is 5.18. The maximum Gasteiger partial charge on any atom is 0.325 e. The van der Waals surface area contributed by atoms with Crippen LogP contribution in [0.1, 0.15) is 33.6 Å². The van der Waals surface area contributed by atoms with Crippen molar-refractivity contribution in [2.45, 2.75) is 45.7 Å². The number of carbonyl (C=O) groups is 2. The van der Waals surface area contributed by atoms with Gasteiger partial charge in [-0.2, -0.15) is 0 Å². The zero-order valence-electron chi connectivity index (χ0n) is 9.99. The molecule has 3 unspecified atom stereocenters.